The molecule has 4 aliphatic rings. The molecule has 5 nitrogen and oxygen atoms in total. The lowest BCUT2D eigenvalue weighted by Crippen LogP contribution is -2.54. The Hall–Kier alpha value is -2.40. The maximum absolute atomic E-state index is 12.7. The van der Waals surface area contributed by atoms with E-state index in [-0.39, 0.29) is 5.91 Å². The van der Waals surface area contributed by atoms with Gasteiger partial charge in [0.1, 0.15) is 5.82 Å². The van der Waals surface area contributed by atoms with Gasteiger partial charge in [-0.25, -0.2) is 4.98 Å². The van der Waals surface area contributed by atoms with Crippen LogP contribution in [-0.2, 0) is 0 Å². The van der Waals surface area contributed by atoms with Gasteiger partial charge in [-0.15, -0.1) is 0 Å². The largest absolute Gasteiger partial charge is 0.353 e. The number of hydrogen-bond acceptors (Lipinski definition) is 4. The average Bonchev–Trinajstić information content (AvgIpc) is 2.83. The average molecular weight is 419 g/mol. The van der Waals surface area contributed by atoms with Crippen LogP contribution in [-0.4, -0.2) is 37.1 Å². The first-order valence-corrected chi connectivity index (χ1v) is 11.8. The van der Waals surface area contributed by atoms with Gasteiger partial charge >= 0.3 is 0 Å². The number of hydrogen-bond donors (Lipinski definition) is 2. The van der Waals surface area contributed by atoms with Crippen molar-refractivity contribution in [2.45, 2.75) is 39.2 Å². The second kappa shape index (κ2) is 8.27. The molecule has 164 valence electrons. The molecule has 0 radical (unpaired) electrons. The minimum atomic E-state index is 0.000718. The molecule has 0 spiro atoms. The van der Waals surface area contributed by atoms with Crippen molar-refractivity contribution in [3.8, 4) is 0 Å². The van der Waals surface area contributed by atoms with Crippen molar-refractivity contribution < 1.29 is 4.79 Å². The molecule has 1 amide bonds. The Bertz CT molecular complexity index is 909. The van der Waals surface area contributed by atoms with Crippen LogP contribution in [0, 0.1) is 23.2 Å². The highest BCUT2D eigenvalue weighted by atomic mass is 16.1. The molecule has 1 aliphatic heterocycles. The Balaban J connectivity index is 1.17. The van der Waals surface area contributed by atoms with Gasteiger partial charge in [0.15, 0.2) is 0 Å². The quantitative estimate of drug-likeness (QED) is 0.770. The van der Waals surface area contributed by atoms with Crippen LogP contribution in [0.5, 0.6) is 0 Å². The van der Waals surface area contributed by atoms with E-state index in [2.05, 4.69) is 58.6 Å². The zero-order valence-corrected chi connectivity index (χ0v) is 18.7. The van der Waals surface area contributed by atoms with Crippen LogP contribution in [0.2, 0.25) is 0 Å². The molecule has 6 rings (SSSR count). The van der Waals surface area contributed by atoms with E-state index < -0.39 is 0 Å². The van der Waals surface area contributed by atoms with Crippen LogP contribution < -0.4 is 15.5 Å². The molecule has 3 aliphatic carbocycles. The molecule has 31 heavy (non-hydrogen) atoms. The zero-order chi connectivity index (χ0) is 21.4. The molecule has 2 N–H and O–H groups in total. The zero-order valence-electron chi connectivity index (χ0n) is 18.7. The smallest absolute Gasteiger partial charge is 0.252 e. The summed E-state index contributed by atoms with van der Waals surface area (Å²) in [5.74, 6) is 3.21. The third-order valence-electron chi connectivity index (χ3n) is 8.24. The Morgan fingerprint density at radius 3 is 2.74 bits per heavy atom. The summed E-state index contributed by atoms with van der Waals surface area (Å²) in [5.41, 5.74) is 2.41. The lowest BCUT2D eigenvalue weighted by molar-refractivity contribution is -0.103. The van der Waals surface area contributed by atoms with Gasteiger partial charge in [-0.2, -0.15) is 0 Å². The van der Waals surface area contributed by atoms with Crippen molar-refractivity contribution in [3.05, 3.63) is 59.8 Å². The number of piperazine rings is 1. The molecular formula is C26H34N4O. The monoisotopic (exact) mass is 418 g/mol. The number of nitrogens with one attached hydrogen (secondary N) is 2. The second-order valence-corrected chi connectivity index (χ2v) is 10.2. The number of nitrogens with zero attached hydrogens (tertiary/aromatic N) is 2. The van der Waals surface area contributed by atoms with Crippen LogP contribution in [0.25, 0.3) is 0 Å². The van der Waals surface area contributed by atoms with Gasteiger partial charge in [0.25, 0.3) is 5.91 Å². The van der Waals surface area contributed by atoms with E-state index in [0.717, 1.165) is 43.8 Å². The number of anilines is 1. The van der Waals surface area contributed by atoms with Crippen molar-refractivity contribution in [3.63, 3.8) is 0 Å². The number of pyridine rings is 1. The van der Waals surface area contributed by atoms with Crippen LogP contribution in [0.15, 0.2) is 48.7 Å². The predicted molar refractivity (Wildman–Crippen MR) is 124 cm³/mol. The fourth-order valence-corrected chi connectivity index (χ4v) is 6.11. The maximum atomic E-state index is 12.7. The molecule has 1 aromatic carbocycles. The maximum Gasteiger partial charge on any atom is 0.252 e. The molecule has 1 saturated heterocycles. The molecule has 4 fully saturated rings. The number of carbonyl (C=O) groups excluding carboxylic acids is 1. The molecule has 4 atom stereocenters. The van der Waals surface area contributed by atoms with E-state index in [4.69, 9.17) is 0 Å². The summed E-state index contributed by atoms with van der Waals surface area (Å²) in [4.78, 5) is 19.6. The van der Waals surface area contributed by atoms with Crippen LogP contribution in [0.4, 0.5) is 5.82 Å². The van der Waals surface area contributed by atoms with Gasteiger partial charge in [-0.1, -0.05) is 44.2 Å². The standard InChI is InChI=1S/C26H34N4O/c1-26(2)21-10-8-19(22(26)14-21)15-29-25(31)20-9-11-24(28-16-20)30-13-12-27-23(17-30)18-6-4-3-5-7-18/h3-7,9,11,16,19,21-23,27H,8,10,12-15,17H2,1-2H3,(H,29,31)/t19-,21-,22-,23?/m0/s1. The predicted octanol–water partition coefficient (Wildman–Crippen LogP) is 4.03. The van der Waals surface area contributed by atoms with Gasteiger partial charge < -0.3 is 15.5 Å². The van der Waals surface area contributed by atoms with E-state index in [9.17, 15) is 4.79 Å². The van der Waals surface area contributed by atoms with Crippen LogP contribution >= 0.6 is 0 Å². The minimum absolute atomic E-state index is 0.000718. The van der Waals surface area contributed by atoms with Gasteiger partial charge in [-0.05, 0) is 60.1 Å². The Labute approximate surface area is 185 Å². The number of aromatic nitrogens is 1. The van der Waals surface area contributed by atoms with Crippen LogP contribution in [0.1, 0.15) is 55.1 Å². The van der Waals surface area contributed by atoms with Crippen molar-refractivity contribution in [1.29, 1.82) is 0 Å². The first kappa shape index (κ1) is 20.5. The van der Waals surface area contributed by atoms with Crippen molar-refractivity contribution in [2.24, 2.45) is 23.2 Å². The summed E-state index contributed by atoms with van der Waals surface area (Å²) in [6.07, 6.45) is 5.64. The summed E-state index contributed by atoms with van der Waals surface area (Å²) in [6, 6.07) is 14.7. The number of carbonyl (C=O) groups is 1. The van der Waals surface area contributed by atoms with E-state index in [0.29, 0.717) is 22.9 Å². The van der Waals surface area contributed by atoms with Crippen molar-refractivity contribution in [2.75, 3.05) is 31.1 Å². The van der Waals surface area contributed by atoms with Crippen LogP contribution in [0.3, 0.4) is 0 Å². The highest BCUT2D eigenvalue weighted by Gasteiger charge is 2.53. The molecule has 2 aromatic rings. The van der Waals surface area contributed by atoms with Gasteiger partial charge in [-0.3, -0.25) is 4.79 Å². The summed E-state index contributed by atoms with van der Waals surface area (Å²) in [5, 5.41) is 6.78. The molecular weight excluding hydrogens is 384 g/mol. The van der Waals surface area contributed by atoms with Crippen molar-refractivity contribution in [1.82, 2.24) is 15.6 Å². The van der Waals surface area contributed by atoms with Gasteiger partial charge in [0.2, 0.25) is 0 Å². The third-order valence-corrected chi connectivity index (χ3v) is 8.24. The normalized spacial score (nSPS) is 29.2. The topological polar surface area (TPSA) is 57.3 Å². The summed E-state index contributed by atoms with van der Waals surface area (Å²) in [6.45, 7) is 8.31. The Morgan fingerprint density at radius 1 is 1.19 bits per heavy atom. The van der Waals surface area contributed by atoms with E-state index in [1.165, 1.54) is 24.8 Å². The number of rotatable bonds is 5. The minimum Gasteiger partial charge on any atom is -0.353 e. The molecule has 2 bridgehead atoms. The molecule has 2 heterocycles. The number of fused-ring (bicyclic) bond motifs is 2. The van der Waals surface area contributed by atoms with E-state index in [1.54, 1.807) is 6.20 Å². The van der Waals surface area contributed by atoms with Crippen molar-refractivity contribution >= 4 is 11.7 Å². The first-order chi connectivity index (χ1) is 15.0. The lowest BCUT2D eigenvalue weighted by Gasteiger charge is -2.60. The Kier molecular flexibility index (Phi) is 5.47. The molecule has 5 heteroatoms. The lowest BCUT2D eigenvalue weighted by atomic mass is 9.45. The first-order valence-electron chi connectivity index (χ1n) is 11.8. The van der Waals surface area contributed by atoms with E-state index in [1.807, 2.05) is 18.2 Å². The van der Waals surface area contributed by atoms with E-state index >= 15 is 0 Å². The SMILES string of the molecule is CC1(C)[C@H]2CC[C@@H](CNC(=O)c3ccc(N4CCNC(c5ccccc5)C4)nc3)[C@@H]1C2. The third kappa shape index (κ3) is 3.96. The fourth-order valence-electron chi connectivity index (χ4n) is 6.11. The number of amides is 1. The summed E-state index contributed by atoms with van der Waals surface area (Å²) < 4.78 is 0. The highest BCUT2D eigenvalue weighted by Crippen LogP contribution is 2.61. The summed E-state index contributed by atoms with van der Waals surface area (Å²) >= 11 is 0. The molecule has 1 aromatic heterocycles. The number of benzene rings is 1. The van der Waals surface area contributed by atoms with Gasteiger partial charge in [0, 0.05) is 38.4 Å². The fraction of sp³-hybridized carbons (Fsp3) is 0.538. The molecule has 3 saturated carbocycles. The van der Waals surface area contributed by atoms with Gasteiger partial charge in [0.05, 0.1) is 5.56 Å². The summed E-state index contributed by atoms with van der Waals surface area (Å²) in [7, 11) is 0. The molecule has 1 unspecified atom stereocenters. The Morgan fingerprint density at radius 2 is 2.03 bits per heavy atom. The highest BCUT2D eigenvalue weighted by molar-refractivity contribution is 5.94. The second-order valence-electron chi connectivity index (χ2n) is 10.2.